The lowest BCUT2D eigenvalue weighted by Gasteiger charge is -2.34. The number of nitrogens with two attached hydrogens (primary N) is 1. The Balaban J connectivity index is 1.94. The topological polar surface area (TPSA) is 47.7 Å². The molecule has 1 fully saturated rings. The minimum absolute atomic E-state index is 0.0811. The molecule has 106 valence electrons. The SMILES string of the molecule is CCOc1cccc(CN2CCOC(C(C)N)C2)c1. The Kier molecular flexibility index (Phi) is 5.19. The van der Waals surface area contributed by atoms with Crippen LogP contribution in [0.5, 0.6) is 5.75 Å². The van der Waals surface area contributed by atoms with Crippen molar-refractivity contribution in [3.63, 3.8) is 0 Å². The summed E-state index contributed by atoms with van der Waals surface area (Å²) in [6.45, 7) is 8.25. The maximum atomic E-state index is 5.91. The van der Waals surface area contributed by atoms with Crippen LogP contribution in [-0.2, 0) is 11.3 Å². The van der Waals surface area contributed by atoms with Crippen LogP contribution in [0, 0.1) is 0 Å². The van der Waals surface area contributed by atoms with Gasteiger partial charge >= 0.3 is 0 Å². The zero-order valence-corrected chi connectivity index (χ0v) is 11.8. The highest BCUT2D eigenvalue weighted by Crippen LogP contribution is 2.17. The summed E-state index contributed by atoms with van der Waals surface area (Å²) in [5.41, 5.74) is 7.19. The first-order valence-electron chi connectivity index (χ1n) is 7.00. The molecular weight excluding hydrogens is 240 g/mol. The number of rotatable bonds is 5. The van der Waals surface area contributed by atoms with Crippen LogP contribution in [0.15, 0.2) is 24.3 Å². The molecule has 0 bridgehead atoms. The second kappa shape index (κ2) is 6.89. The number of benzene rings is 1. The Bertz CT molecular complexity index is 395. The number of morpholine rings is 1. The van der Waals surface area contributed by atoms with Crippen LogP contribution < -0.4 is 10.5 Å². The molecule has 1 aromatic rings. The smallest absolute Gasteiger partial charge is 0.119 e. The number of hydrogen-bond acceptors (Lipinski definition) is 4. The van der Waals surface area contributed by atoms with Crippen LogP contribution in [-0.4, -0.2) is 43.3 Å². The first-order chi connectivity index (χ1) is 9.19. The molecular formula is C15H24N2O2. The first-order valence-corrected chi connectivity index (χ1v) is 7.00. The van der Waals surface area contributed by atoms with Gasteiger partial charge in [0.05, 0.1) is 19.3 Å². The van der Waals surface area contributed by atoms with E-state index in [1.807, 2.05) is 26.0 Å². The average Bonchev–Trinajstić information content (AvgIpc) is 2.40. The van der Waals surface area contributed by atoms with Crippen molar-refractivity contribution in [3.05, 3.63) is 29.8 Å². The molecule has 0 radical (unpaired) electrons. The van der Waals surface area contributed by atoms with Gasteiger partial charge < -0.3 is 15.2 Å². The summed E-state index contributed by atoms with van der Waals surface area (Å²) >= 11 is 0. The number of nitrogens with zero attached hydrogens (tertiary/aromatic N) is 1. The van der Waals surface area contributed by atoms with Gasteiger partial charge in [0.15, 0.2) is 0 Å². The summed E-state index contributed by atoms with van der Waals surface area (Å²) in [5, 5.41) is 0. The fourth-order valence-corrected chi connectivity index (χ4v) is 2.35. The van der Waals surface area contributed by atoms with Crippen molar-refractivity contribution in [2.45, 2.75) is 32.5 Å². The molecule has 0 spiro atoms. The zero-order valence-electron chi connectivity index (χ0n) is 11.8. The lowest BCUT2D eigenvalue weighted by Crippen LogP contribution is -2.49. The fourth-order valence-electron chi connectivity index (χ4n) is 2.35. The quantitative estimate of drug-likeness (QED) is 0.878. The summed E-state index contributed by atoms with van der Waals surface area (Å²) in [4.78, 5) is 2.39. The van der Waals surface area contributed by atoms with Crippen molar-refractivity contribution in [1.29, 1.82) is 0 Å². The highest BCUT2D eigenvalue weighted by atomic mass is 16.5. The Morgan fingerprint density at radius 3 is 3.11 bits per heavy atom. The van der Waals surface area contributed by atoms with E-state index in [1.54, 1.807) is 0 Å². The van der Waals surface area contributed by atoms with E-state index < -0.39 is 0 Å². The Hall–Kier alpha value is -1.10. The third kappa shape index (κ3) is 4.20. The van der Waals surface area contributed by atoms with E-state index in [1.165, 1.54) is 5.56 Å². The molecule has 0 aliphatic carbocycles. The van der Waals surface area contributed by atoms with Gasteiger partial charge in [-0.25, -0.2) is 0 Å². The first kappa shape index (κ1) is 14.3. The highest BCUT2D eigenvalue weighted by Gasteiger charge is 2.23. The minimum Gasteiger partial charge on any atom is -0.494 e. The molecule has 2 atom stereocenters. The zero-order chi connectivity index (χ0) is 13.7. The number of hydrogen-bond donors (Lipinski definition) is 1. The van der Waals surface area contributed by atoms with Crippen LogP contribution in [0.2, 0.25) is 0 Å². The largest absolute Gasteiger partial charge is 0.494 e. The lowest BCUT2D eigenvalue weighted by molar-refractivity contribution is -0.0403. The molecule has 2 unspecified atom stereocenters. The minimum atomic E-state index is 0.0811. The third-order valence-electron chi connectivity index (χ3n) is 3.38. The summed E-state index contributed by atoms with van der Waals surface area (Å²) in [6.07, 6.45) is 0.142. The van der Waals surface area contributed by atoms with Gasteiger partial charge in [-0.05, 0) is 31.5 Å². The van der Waals surface area contributed by atoms with Crippen molar-refractivity contribution in [3.8, 4) is 5.75 Å². The maximum Gasteiger partial charge on any atom is 0.119 e. The third-order valence-corrected chi connectivity index (χ3v) is 3.38. The highest BCUT2D eigenvalue weighted by molar-refractivity contribution is 5.28. The summed E-state index contributed by atoms with van der Waals surface area (Å²) in [6, 6.07) is 8.37. The summed E-state index contributed by atoms with van der Waals surface area (Å²) in [5.74, 6) is 0.942. The Labute approximate surface area is 115 Å². The van der Waals surface area contributed by atoms with E-state index in [0.29, 0.717) is 6.61 Å². The van der Waals surface area contributed by atoms with Crippen LogP contribution >= 0.6 is 0 Å². The molecule has 2 N–H and O–H groups in total. The predicted molar refractivity (Wildman–Crippen MR) is 76.3 cm³/mol. The molecule has 1 heterocycles. The molecule has 2 rings (SSSR count). The molecule has 4 heteroatoms. The van der Waals surface area contributed by atoms with E-state index in [2.05, 4.69) is 17.0 Å². The molecule has 1 saturated heterocycles. The molecule has 4 nitrogen and oxygen atoms in total. The van der Waals surface area contributed by atoms with Crippen molar-refractivity contribution in [2.75, 3.05) is 26.3 Å². The molecule has 1 aliphatic heterocycles. The van der Waals surface area contributed by atoms with Crippen LogP contribution in [0.4, 0.5) is 0 Å². The van der Waals surface area contributed by atoms with Gasteiger partial charge in [-0.2, -0.15) is 0 Å². The standard InChI is InChI=1S/C15H24N2O2/c1-3-18-14-6-4-5-13(9-14)10-17-7-8-19-15(11-17)12(2)16/h4-6,9,12,15H,3,7-8,10-11,16H2,1-2H3. The second-order valence-electron chi connectivity index (χ2n) is 5.08. The van der Waals surface area contributed by atoms with Crippen molar-refractivity contribution >= 4 is 0 Å². The molecule has 1 aliphatic rings. The van der Waals surface area contributed by atoms with Gasteiger partial charge in [0.25, 0.3) is 0 Å². The van der Waals surface area contributed by atoms with Crippen molar-refractivity contribution in [2.24, 2.45) is 5.73 Å². The predicted octanol–water partition coefficient (Wildman–Crippen LogP) is 1.63. The summed E-state index contributed by atoms with van der Waals surface area (Å²) < 4.78 is 11.2. The fraction of sp³-hybridized carbons (Fsp3) is 0.600. The van der Waals surface area contributed by atoms with Gasteiger partial charge in [-0.1, -0.05) is 12.1 Å². The molecule has 0 amide bonds. The molecule has 1 aromatic carbocycles. The maximum absolute atomic E-state index is 5.91. The van der Waals surface area contributed by atoms with Gasteiger partial charge in [-0.15, -0.1) is 0 Å². The van der Waals surface area contributed by atoms with Crippen LogP contribution in [0.25, 0.3) is 0 Å². The van der Waals surface area contributed by atoms with Gasteiger partial charge in [-0.3, -0.25) is 4.90 Å². The van der Waals surface area contributed by atoms with E-state index in [9.17, 15) is 0 Å². The van der Waals surface area contributed by atoms with Crippen molar-refractivity contribution < 1.29 is 9.47 Å². The normalized spacial score (nSPS) is 22.2. The Morgan fingerprint density at radius 2 is 2.37 bits per heavy atom. The number of ether oxygens (including phenoxy) is 2. The van der Waals surface area contributed by atoms with Crippen molar-refractivity contribution in [1.82, 2.24) is 4.90 Å². The lowest BCUT2D eigenvalue weighted by atomic mass is 10.1. The monoisotopic (exact) mass is 264 g/mol. The molecule has 19 heavy (non-hydrogen) atoms. The van der Waals surface area contributed by atoms with Gasteiger partial charge in [0.2, 0.25) is 0 Å². The van der Waals surface area contributed by atoms with E-state index >= 15 is 0 Å². The van der Waals surface area contributed by atoms with E-state index in [0.717, 1.165) is 32.0 Å². The van der Waals surface area contributed by atoms with Crippen LogP contribution in [0.3, 0.4) is 0 Å². The van der Waals surface area contributed by atoms with Gasteiger partial charge in [0.1, 0.15) is 5.75 Å². The van der Waals surface area contributed by atoms with E-state index in [4.69, 9.17) is 15.2 Å². The second-order valence-corrected chi connectivity index (χ2v) is 5.08. The Morgan fingerprint density at radius 1 is 1.53 bits per heavy atom. The molecule has 0 aromatic heterocycles. The molecule has 0 saturated carbocycles. The van der Waals surface area contributed by atoms with Crippen LogP contribution in [0.1, 0.15) is 19.4 Å². The average molecular weight is 264 g/mol. The van der Waals surface area contributed by atoms with E-state index in [-0.39, 0.29) is 12.1 Å². The van der Waals surface area contributed by atoms with Gasteiger partial charge in [0, 0.05) is 25.7 Å². The summed E-state index contributed by atoms with van der Waals surface area (Å²) in [7, 11) is 0.